The van der Waals surface area contributed by atoms with E-state index in [0.717, 1.165) is 25.8 Å². The van der Waals surface area contributed by atoms with Crippen molar-refractivity contribution in [3.05, 3.63) is 12.7 Å². The van der Waals surface area contributed by atoms with Crippen molar-refractivity contribution in [2.24, 2.45) is 5.92 Å². The number of amides is 1. The van der Waals surface area contributed by atoms with Crippen LogP contribution in [0.2, 0.25) is 0 Å². The zero-order valence-corrected chi connectivity index (χ0v) is 12.2. The third-order valence-corrected chi connectivity index (χ3v) is 3.63. The lowest BCUT2D eigenvalue weighted by atomic mass is 9.93. The molecule has 0 bridgehead atoms. The molecule has 2 atom stereocenters. The van der Waals surface area contributed by atoms with Crippen LogP contribution in [0.4, 0.5) is 0 Å². The molecule has 0 spiro atoms. The van der Waals surface area contributed by atoms with Crippen LogP contribution in [-0.4, -0.2) is 47.7 Å². The minimum absolute atomic E-state index is 0.00841. The van der Waals surface area contributed by atoms with Crippen LogP contribution < -0.4 is 0 Å². The Labute approximate surface area is 120 Å². The van der Waals surface area contributed by atoms with Gasteiger partial charge in [0.15, 0.2) is 0 Å². The molecule has 5 heteroatoms. The average Bonchev–Trinajstić information content (AvgIpc) is 2.44. The Morgan fingerprint density at radius 3 is 2.95 bits per heavy atom. The lowest BCUT2D eigenvalue weighted by Gasteiger charge is -2.34. The molecule has 0 aromatic heterocycles. The number of rotatable bonds is 8. The van der Waals surface area contributed by atoms with Gasteiger partial charge in [-0.1, -0.05) is 6.08 Å². The Balaban J connectivity index is 2.38. The minimum atomic E-state index is -0.769. The van der Waals surface area contributed by atoms with E-state index in [0.29, 0.717) is 25.5 Å². The van der Waals surface area contributed by atoms with Crippen molar-refractivity contribution in [3.8, 4) is 0 Å². The SMILES string of the molecule is C=CCCOC(C)C(=O)N1CCCC(CCC(=O)O)C1. The highest BCUT2D eigenvalue weighted by molar-refractivity contribution is 5.80. The molecule has 1 rings (SSSR count). The van der Waals surface area contributed by atoms with Crippen LogP contribution >= 0.6 is 0 Å². The van der Waals surface area contributed by atoms with Crippen LogP contribution in [-0.2, 0) is 14.3 Å². The van der Waals surface area contributed by atoms with E-state index in [1.807, 2.05) is 4.90 Å². The van der Waals surface area contributed by atoms with Gasteiger partial charge in [-0.2, -0.15) is 0 Å². The number of aliphatic carboxylic acids is 1. The first-order valence-corrected chi connectivity index (χ1v) is 7.27. The van der Waals surface area contributed by atoms with Crippen molar-refractivity contribution in [2.45, 2.75) is 45.1 Å². The number of carbonyl (C=O) groups is 2. The van der Waals surface area contributed by atoms with Crippen molar-refractivity contribution in [1.29, 1.82) is 0 Å². The number of hydrogen-bond acceptors (Lipinski definition) is 3. The largest absolute Gasteiger partial charge is 0.481 e. The highest BCUT2D eigenvalue weighted by Gasteiger charge is 2.27. The van der Waals surface area contributed by atoms with E-state index >= 15 is 0 Å². The predicted molar refractivity (Wildman–Crippen MR) is 76.4 cm³/mol. The van der Waals surface area contributed by atoms with Crippen LogP contribution in [0.15, 0.2) is 12.7 Å². The molecule has 114 valence electrons. The van der Waals surface area contributed by atoms with Gasteiger partial charge in [0.1, 0.15) is 6.10 Å². The van der Waals surface area contributed by atoms with Gasteiger partial charge in [0, 0.05) is 19.5 Å². The van der Waals surface area contributed by atoms with Gasteiger partial charge in [-0.25, -0.2) is 0 Å². The molecule has 5 nitrogen and oxygen atoms in total. The molecule has 0 radical (unpaired) electrons. The van der Waals surface area contributed by atoms with E-state index in [4.69, 9.17) is 9.84 Å². The maximum absolute atomic E-state index is 12.2. The second-order valence-electron chi connectivity index (χ2n) is 5.32. The third kappa shape index (κ3) is 5.74. The number of likely N-dealkylation sites (tertiary alicyclic amines) is 1. The zero-order valence-electron chi connectivity index (χ0n) is 12.2. The number of carboxylic acid groups (broad SMARTS) is 1. The normalized spacial score (nSPS) is 20.4. The second kappa shape index (κ2) is 8.74. The van der Waals surface area contributed by atoms with E-state index in [9.17, 15) is 9.59 Å². The number of hydrogen-bond donors (Lipinski definition) is 1. The fourth-order valence-electron chi connectivity index (χ4n) is 2.49. The topological polar surface area (TPSA) is 66.8 Å². The lowest BCUT2D eigenvalue weighted by molar-refractivity contribution is -0.144. The van der Waals surface area contributed by atoms with Crippen molar-refractivity contribution in [3.63, 3.8) is 0 Å². The molecule has 0 aromatic carbocycles. The maximum Gasteiger partial charge on any atom is 0.303 e. The number of nitrogens with zero attached hydrogens (tertiary/aromatic N) is 1. The zero-order chi connectivity index (χ0) is 15.0. The summed E-state index contributed by atoms with van der Waals surface area (Å²) in [6, 6.07) is 0. The smallest absolute Gasteiger partial charge is 0.303 e. The monoisotopic (exact) mass is 283 g/mol. The molecule has 1 aliphatic heterocycles. The number of piperidine rings is 1. The van der Waals surface area contributed by atoms with E-state index < -0.39 is 12.1 Å². The highest BCUT2D eigenvalue weighted by atomic mass is 16.5. The van der Waals surface area contributed by atoms with Crippen LogP contribution in [0.3, 0.4) is 0 Å². The summed E-state index contributed by atoms with van der Waals surface area (Å²) in [4.78, 5) is 24.7. The fraction of sp³-hybridized carbons (Fsp3) is 0.733. The van der Waals surface area contributed by atoms with Crippen LogP contribution in [0.25, 0.3) is 0 Å². The van der Waals surface area contributed by atoms with Gasteiger partial charge in [-0.15, -0.1) is 6.58 Å². The van der Waals surface area contributed by atoms with Gasteiger partial charge in [-0.3, -0.25) is 9.59 Å². The summed E-state index contributed by atoms with van der Waals surface area (Å²) in [5.74, 6) is -0.465. The number of carbonyl (C=O) groups excluding carboxylic acids is 1. The molecule has 2 unspecified atom stereocenters. The minimum Gasteiger partial charge on any atom is -0.481 e. The summed E-state index contributed by atoms with van der Waals surface area (Å²) in [5, 5.41) is 8.72. The third-order valence-electron chi connectivity index (χ3n) is 3.63. The number of carboxylic acids is 1. The lowest BCUT2D eigenvalue weighted by Crippen LogP contribution is -2.45. The molecule has 1 heterocycles. The number of ether oxygens (including phenoxy) is 1. The molecule has 0 saturated carbocycles. The Morgan fingerprint density at radius 2 is 2.30 bits per heavy atom. The van der Waals surface area contributed by atoms with E-state index in [-0.39, 0.29) is 12.3 Å². The summed E-state index contributed by atoms with van der Waals surface area (Å²) < 4.78 is 5.47. The second-order valence-corrected chi connectivity index (χ2v) is 5.32. The predicted octanol–water partition coefficient (Wildman–Crippen LogP) is 2.07. The van der Waals surface area contributed by atoms with Crippen molar-refractivity contribution in [2.75, 3.05) is 19.7 Å². The molecule has 20 heavy (non-hydrogen) atoms. The molecule has 1 fully saturated rings. The summed E-state index contributed by atoms with van der Waals surface area (Å²) in [6.07, 6.45) is 4.83. The molecule has 0 aliphatic carbocycles. The highest BCUT2D eigenvalue weighted by Crippen LogP contribution is 2.21. The van der Waals surface area contributed by atoms with Crippen molar-refractivity contribution in [1.82, 2.24) is 4.90 Å². The Bertz CT molecular complexity index is 343. The molecular weight excluding hydrogens is 258 g/mol. The van der Waals surface area contributed by atoms with Gasteiger partial charge in [0.25, 0.3) is 5.91 Å². The van der Waals surface area contributed by atoms with Crippen LogP contribution in [0, 0.1) is 5.92 Å². The molecule has 1 amide bonds. The first kappa shape index (κ1) is 16.7. The summed E-state index contributed by atoms with van der Waals surface area (Å²) >= 11 is 0. The van der Waals surface area contributed by atoms with Crippen LogP contribution in [0.1, 0.15) is 39.0 Å². The summed E-state index contributed by atoms with van der Waals surface area (Å²) in [6.45, 7) is 7.29. The Morgan fingerprint density at radius 1 is 1.55 bits per heavy atom. The Kier molecular flexibility index (Phi) is 7.30. The van der Waals surface area contributed by atoms with E-state index in [2.05, 4.69) is 6.58 Å². The summed E-state index contributed by atoms with van der Waals surface area (Å²) in [7, 11) is 0. The van der Waals surface area contributed by atoms with Gasteiger partial charge < -0.3 is 14.7 Å². The van der Waals surface area contributed by atoms with Gasteiger partial charge in [-0.05, 0) is 38.5 Å². The standard InChI is InChI=1S/C15H25NO4/c1-3-4-10-20-12(2)15(19)16-9-5-6-13(11-16)7-8-14(17)18/h3,12-13H,1,4-11H2,2H3,(H,17,18). The van der Waals surface area contributed by atoms with Crippen molar-refractivity contribution < 1.29 is 19.4 Å². The molecule has 0 aromatic rings. The molecule has 1 aliphatic rings. The Hall–Kier alpha value is -1.36. The molecular formula is C15H25NO4. The fourth-order valence-corrected chi connectivity index (χ4v) is 2.49. The van der Waals surface area contributed by atoms with Crippen LogP contribution in [0.5, 0.6) is 0 Å². The quantitative estimate of drug-likeness (QED) is 0.547. The molecule has 1 N–H and O–H groups in total. The van der Waals surface area contributed by atoms with E-state index in [1.165, 1.54) is 0 Å². The first-order valence-electron chi connectivity index (χ1n) is 7.27. The van der Waals surface area contributed by atoms with Crippen molar-refractivity contribution >= 4 is 11.9 Å². The first-order chi connectivity index (χ1) is 9.54. The summed E-state index contributed by atoms with van der Waals surface area (Å²) in [5.41, 5.74) is 0. The maximum atomic E-state index is 12.2. The van der Waals surface area contributed by atoms with E-state index in [1.54, 1.807) is 13.0 Å². The van der Waals surface area contributed by atoms with Gasteiger partial charge in [0.2, 0.25) is 0 Å². The van der Waals surface area contributed by atoms with Gasteiger partial charge >= 0.3 is 5.97 Å². The average molecular weight is 283 g/mol. The molecule has 1 saturated heterocycles. The van der Waals surface area contributed by atoms with Gasteiger partial charge in [0.05, 0.1) is 6.61 Å².